The van der Waals surface area contributed by atoms with Crippen LogP contribution in [0.5, 0.6) is 0 Å². The van der Waals surface area contributed by atoms with Crippen LogP contribution in [0.2, 0.25) is 0 Å². The maximum Gasteiger partial charge on any atom is 0.244 e. The number of carbonyl (C=O) groups excluding carboxylic acids is 2. The molecule has 2 aromatic carbocycles. The van der Waals surface area contributed by atoms with Gasteiger partial charge in [-0.25, -0.2) is 8.42 Å². The predicted octanol–water partition coefficient (Wildman–Crippen LogP) is 3.27. The van der Waals surface area contributed by atoms with Gasteiger partial charge >= 0.3 is 0 Å². The Morgan fingerprint density at radius 3 is 2.24 bits per heavy atom. The Morgan fingerprint density at radius 2 is 1.67 bits per heavy atom. The van der Waals surface area contributed by atoms with E-state index in [1.54, 1.807) is 19.1 Å². The molecule has 0 unspecified atom stereocenters. The third kappa shape index (κ3) is 7.32. The van der Waals surface area contributed by atoms with Gasteiger partial charge in [-0.15, -0.1) is 0 Å². The normalized spacial score (nSPS) is 12.2. The molecule has 0 saturated heterocycles. The number of anilines is 1. The molecular formula is C25H35N3O4S. The van der Waals surface area contributed by atoms with E-state index in [0.717, 1.165) is 33.7 Å². The number of nitrogens with zero attached hydrogens (tertiary/aromatic N) is 2. The standard InChI is InChI=1S/C25H35N3O4S/c1-6-16-26-25(30)20(4)27(17-21-14-12-19(3)13-15-21)24(29)18-28(33(5,31)32)23-11-9-8-10-22(23)7-2/h8-15,20H,6-7,16-18H2,1-5H3,(H,26,30)/t20-/m0/s1. The molecule has 0 aliphatic heterocycles. The van der Waals surface area contributed by atoms with Gasteiger partial charge in [0.15, 0.2) is 0 Å². The van der Waals surface area contributed by atoms with Crippen molar-refractivity contribution in [1.82, 2.24) is 10.2 Å². The number of benzene rings is 2. The van der Waals surface area contributed by atoms with Gasteiger partial charge in [-0.2, -0.15) is 0 Å². The van der Waals surface area contributed by atoms with Crippen LogP contribution in [0.25, 0.3) is 0 Å². The average Bonchev–Trinajstić information content (AvgIpc) is 2.79. The summed E-state index contributed by atoms with van der Waals surface area (Å²) in [6, 6.07) is 14.1. The van der Waals surface area contributed by atoms with E-state index in [2.05, 4.69) is 5.32 Å². The van der Waals surface area contributed by atoms with Crippen molar-refractivity contribution in [3.63, 3.8) is 0 Å². The van der Waals surface area contributed by atoms with Gasteiger partial charge in [0.25, 0.3) is 0 Å². The monoisotopic (exact) mass is 473 g/mol. The molecule has 0 saturated carbocycles. The number of sulfonamides is 1. The summed E-state index contributed by atoms with van der Waals surface area (Å²) in [6.07, 6.45) is 2.49. The van der Waals surface area contributed by atoms with Gasteiger partial charge < -0.3 is 10.2 Å². The fourth-order valence-corrected chi connectivity index (χ4v) is 4.40. The summed E-state index contributed by atoms with van der Waals surface area (Å²) in [5.74, 6) is -0.705. The van der Waals surface area contributed by atoms with E-state index >= 15 is 0 Å². The van der Waals surface area contributed by atoms with Gasteiger partial charge in [-0.3, -0.25) is 13.9 Å². The lowest BCUT2D eigenvalue weighted by Crippen LogP contribution is -2.51. The van der Waals surface area contributed by atoms with Crippen molar-refractivity contribution >= 4 is 27.5 Å². The Labute approximate surface area is 197 Å². The minimum atomic E-state index is -3.73. The molecule has 1 atom stereocenters. The zero-order chi connectivity index (χ0) is 24.6. The molecule has 180 valence electrons. The number of carbonyl (C=O) groups is 2. The molecule has 0 aromatic heterocycles. The van der Waals surface area contributed by atoms with E-state index < -0.39 is 22.0 Å². The third-order valence-corrected chi connectivity index (χ3v) is 6.64. The molecule has 0 spiro atoms. The average molecular weight is 474 g/mol. The van der Waals surface area contributed by atoms with Crippen LogP contribution in [0, 0.1) is 6.92 Å². The molecule has 0 heterocycles. The summed E-state index contributed by atoms with van der Waals surface area (Å²) in [7, 11) is -3.73. The van der Waals surface area contributed by atoms with Crippen LogP contribution in [0.4, 0.5) is 5.69 Å². The Kier molecular flexibility index (Phi) is 9.46. The maximum atomic E-state index is 13.5. The quantitative estimate of drug-likeness (QED) is 0.543. The summed E-state index contributed by atoms with van der Waals surface area (Å²) in [5.41, 5.74) is 3.26. The largest absolute Gasteiger partial charge is 0.354 e. The topological polar surface area (TPSA) is 86.8 Å². The van der Waals surface area contributed by atoms with Crippen molar-refractivity contribution in [3.05, 3.63) is 65.2 Å². The highest BCUT2D eigenvalue weighted by Gasteiger charge is 2.30. The summed E-state index contributed by atoms with van der Waals surface area (Å²) in [4.78, 5) is 27.7. The van der Waals surface area contributed by atoms with Crippen LogP contribution in [0.1, 0.15) is 43.9 Å². The maximum absolute atomic E-state index is 13.5. The van der Waals surface area contributed by atoms with Crippen LogP contribution in [0.3, 0.4) is 0 Å². The van der Waals surface area contributed by atoms with Crippen molar-refractivity contribution in [2.45, 2.75) is 53.1 Å². The number of amides is 2. The van der Waals surface area contributed by atoms with Gasteiger partial charge in [0.05, 0.1) is 11.9 Å². The Bertz CT molecular complexity index is 1050. The Balaban J connectivity index is 2.39. The van der Waals surface area contributed by atoms with E-state index in [-0.39, 0.29) is 19.0 Å². The molecule has 7 nitrogen and oxygen atoms in total. The van der Waals surface area contributed by atoms with Crippen LogP contribution in [0.15, 0.2) is 48.5 Å². The van der Waals surface area contributed by atoms with E-state index in [1.807, 2.05) is 57.2 Å². The summed E-state index contributed by atoms with van der Waals surface area (Å²) >= 11 is 0. The van der Waals surface area contributed by atoms with E-state index in [4.69, 9.17) is 0 Å². The van der Waals surface area contributed by atoms with Gasteiger partial charge in [-0.1, -0.05) is 61.9 Å². The third-order valence-electron chi connectivity index (χ3n) is 5.51. The van der Waals surface area contributed by atoms with Crippen molar-refractivity contribution in [2.24, 2.45) is 0 Å². The van der Waals surface area contributed by atoms with Crippen molar-refractivity contribution in [3.8, 4) is 0 Å². The molecule has 0 aliphatic rings. The van der Waals surface area contributed by atoms with Gasteiger partial charge in [-0.05, 0) is 43.9 Å². The molecule has 0 aliphatic carbocycles. The highest BCUT2D eigenvalue weighted by atomic mass is 32.2. The SMILES string of the molecule is CCCNC(=O)[C@H](C)N(Cc1ccc(C)cc1)C(=O)CN(c1ccccc1CC)S(C)(=O)=O. The van der Waals surface area contributed by atoms with E-state index in [1.165, 1.54) is 4.90 Å². The first-order chi connectivity index (χ1) is 15.6. The molecule has 0 bridgehead atoms. The van der Waals surface area contributed by atoms with Crippen molar-refractivity contribution < 1.29 is 18.0 Å². The smallest absolute Gasteiger partial charge is 0.244 e. The summed E-state index contributed by atoms with van der Waals surface area (Å²) in [5, 5.41) is 2.83. The summed E-state index contributed by atoms with van der Waals surface area (Å²) in [6.45, 7) is 7.86. The fourth-order valence-electron chi connectivity index (χ4n) is 3.52. The molecule has 2 rings (SSSR count). The molecule has 1 N–H and O–H groups in total. The molecule has 2 amide bonds. The first kappa shape index (κ1) is 26.4. The minimum Gasteiger partial charge on any atom is -0.354 e. The van der Waals surface area contributed by atoms with Gasteiger partial charge in [0.1, 0.15) is 12.6 Å². The first-order valence-corrected chi connectivity index (χ1v) is 13.1. The van der Waals surface area contributed by atoms with Gasteiger partial charge in [0, 0.05) is 13.1 Å². The second kappa shape index (κ2) is 11.8. The second-order valence-electron chi connectivity index (χ2n) is 8.23. The van der Waals surface area contributed by atoms with Crippen molar-refractivity contribution in [1.29, 1.82) is 0 Å². The highest BCUT2D eigenvalue weighted by molar-refractivity contribution is 7.92. The van der Waals surface area contributed by atoms with Crippen LogP contribution in [-0.4, -0.2) is 50.5 Å². The second-order valence-corrected chi connectivity index (χ2v) is 10.1. The molecule has 0 radical (unpaired) electrons. The number of hydrogen-bond donors (Lipinski definition) is 1. The van der Waals surface area contributed by atoms with E-state index in [0.29, 0.717) is 18.7 Å². The zero-order valence-electron chi connectivity index (χ0n) is 20.2. The van der Waals surface area contributed by atoms with Crippen molar-refractivity contribution in [2.75, 3.05) is 23.7 Å². The molecular weight excluding hydrogens is 438 g/mol. The minimum absolute atomic E-state index is 0.201. The Hall–Kier alpha value is -2.87. The lowest BCUT2D eigenvalue weighted by Gasteiger charge is -2.32. The number of aryl methyl sites for hydroxylation is 2. The van der Waals surface area contributed by atoms with Crippen LogP contribution in [-0.2, 0) is 32.6 Å². The molecule has 2 aromatic rings. The fraction of sp³-hybridized carbons (Fsp3) is 0.440. The lowest BCUT2D eigenvalue weighted by molar-refractivity contribution is -0.139. The molecule has 0 fully saturated rings. The van der Waals surface area contributed by atoms with Crippen LogP contribution >= 0.6 is 0 Å². The number of hydrogen-bond acceptors (Lipinski definition) is 4. The zero-order valence-corrected chi connectivity index (χ0v) is 21.0. The predicted molar refractivity (Wildman–Crippen MR) is 133 cm³/mol. The van der Waals surface area contributed by atoms with E-state index in [9.17, 15) is 18.0 Å². The highest BCUT2D eigenvalue weighted by Crippen LogP contribution is 2.24. The Morgan fingerprint density at radius 1 is 1.03 bits per heavy atom. The number of nitrogens with one attached hydrogen (secondary N) is 1. The van der Waals surface area contributed by atoms with Gasteiger partial charge in [0.2, 0.25) is 21.8 Å². The molecule has 8 heteroatoms. The summed E-state index contributed by atoms with van der Waals surface area (Å²) < 4.78 is 26.5. The first-order valence-electron chi connectivity index (χ1n) is 11.3. The number of rotatable bonds is 11. The molecule has 33 heavy (non-hydrogen) atoms. The number of para-hydroxylation sites is 1. The lowest BCUT2D eigenvalue weighted by atomic mass is 10.1. The van der Waals surface area contributed by atoms with Crippen LogP contribution < -0.4 is 9.62 Å².